The molecular weight excluding hydrogens is 520 g/mol. The molecule has 0 spiro atoms. The molecule has 0 saturated heterocycles. The number of carbonyl (C=O) groups is 3. The zero-order valence-corrected chi connectivity index (χ0v) is 28.2. The molecule has 0 radical (unpaired) electrons. The Bertz CT molecular complexity index is 603. The van der Waals surface area contributed by atoms with Crippen molar-refractivity contribution in [2.24, 2.45) is 5.41 Å². The first-order valence-corrected chi connectivity index (χ1v) is 16.7. The zero-order valence-electron chi connectivity index (χ0n) is 28.2. The molecule has 0 aliphatic heterocycles. The van der Waals surface area contributed by atoms with E-state index in [2.05, 4.69) is 23.6 Å². The highest BCUT2D eigenvalue weighted by atomic mass is 17.2. The Morgan fingerprint density at radius 2 is 0.780 bits per heavy atom. The van der Waals surface area contributed by atoms with Gasteiger partial charge >= 0.3 is 17.9 Å². The molecule has 0 aromatic rings. The molecular formula is C34H66O7. The molecule has 0 aliphatic rings. The van der Waals surface area contributed by atoms with Crippen molar-refractivity contribution in [2.75, 3.05) is 0 Å². The molecule has 0 aliphatic carbocycles. The van der Waals surface area contributed by atoms with Crippen molar-refractivity contribution in [3.05, 3.63) is 0 Å². The summed E-state index contributed by atoms with van der Waals surface area (Å²) in [4.78, 5) is 53.4. The highest BCUT2D eigenvalue weighted by molar-refractivity contribution is 5.74. The van der Waals surface area contributed by atoms with Gasteiger partial charge in [-0.05, 0) is 53.9 Å². The van der Waals surface area contributed by atoms with Crippen LogP contribution in [0.3, 0.4) is 0 Å². The summed E-state index contributed by atoms with van der Waals surface area (Å²) in [5, 5.41) is 0. The standard InChI is InChI=1S/C24H46O4.C10H20O3/c1-3-5-7-9-11-13-15-17-19-21-23(25)27-28-24(26)22-20-18-16-14-12-10-8-6-4-2;1-7-10(5,6)13-12-8(11)9(2,3)4/h3-22H2,1-2H3;7H2,1-6H3. The van der Waals surface area contributed by atoms with Gasteiger partial charge in [0.05, 0.1) is 18.3 Å². The van der Waals surface area contributed by atoms with Crippen LogP contribution in [-0.4, -0.2) is 23.5 Å². The summed E-state index contributed by atoms with van der Waals surface area (Å²) in [5.41, 5.74) is -0.912. The lowest BCUT2D eigenvalue weighted by Crippen LogP contribution is -2.30. The monoisotopic (exact) mass is 586 g/mol. The Morgan fingerprint density at radius 1 is 0.463 bits per heavy atom. The highest BCUT2D eigenvalue weighted by Gasteiger charge is 2.27. The van der Waals surface area contributed by atoms with Gasteiger partial charge < -0.3 is 0 Å². The van der Waals surface area contributed by atoms with Crippen LogP contribution in [-0.2, 0) is 33.9 Å². The van der Waals surface area contributed by atoms with Gasteiger partial charge in [0.1, 0.15) is 5.60 Å². The van der Waals surface area contributed by atoms with Gasteiger partial charge in [0.15, 0.2) is 0 Å². The Labute approximate surface area is 253 Å². The van der Waals surface area contributed by atoms with Gasteiger partial charge in [-0.1, -0.05) is 124 Å². The van der Waals surface area contributed by atoms with E-state index in [-0.39, 0.29) is 5.97 Å². The topological polar surface area (TPSA) is 88.1 Å². The number of rotatable bonds is 23. The van der Waals surface area contributed by atoms with Crippen LogP contribution >= 0.6 is 0 Å². The molecule has 0 atom stereocenters. The van der Waals surface area contributed by atoms with Crippen molar-refractivity contribution < 1.29 is 33.9 Å². The summed E-state index contributed by atoms with van der Waals surface area (Å²) in [6.07, 6.45) is 23.1. The van der Waals surface area contributed by atoms with Gasteiger partial charge in [-0.15, -0.1) is 0 Å². The maximum atomic E-state index is 11.6. The highest BCUT2D eigenvalue weighted by Crippen LogP contribution is 2.20. The second-order valence-corrected chi connectivity index (χ2v) is 12.9. The Kier molecular flexibility index (Phi) is 27.6. The zero-order chi connectivity index (χ0) is 31.4. The van der Waals surface area contributed by atoms with E-state index >= 15 is 0 Å². The molecule has 0 amide bonds. The third kappa shape index (κ3) is 31.1. The van der Waals surface area contributed by atoms with Crippen LogP contribution in [0.1, 0.15) is 190 Å². The second kappa shape index (κ2) is 27.2. The predicted molar refractivity (Wildman–Crippen MR) is 167 cm³/mol. The predicted octanol–water partition coefficient (Wildman–Crippen LogP) is 10.5. The molecule has 41 heavy (non-hydrogen) atoms. The van der Waals surface area contributed by atoms with Crippen LogP contribution in [0.4, 0.5) is 0 Å². The molecule has 0 bridgehead atoms. The minimum Gasteiger partial charge on any atom is -0.297 e. The molecule has 0 unspecified atom stereocenters. The SMILES string of the molecule is CCC(C)(C)OOC(=O)C(C)(C)C.CCCCCCCCCCCC(=O)OOC(=O)CCCCCCCCCCC. The normalized spacial score (nSPS) is 11.4. The number of hydrogen-bond acceptors (Lipinski definition) is 7. The van der Waals surface area contributed by atoms with Gasteiger partial charge in [-0.3, -0.25) is 4.89 Å². The Hall–Kier alpha value is -1.63. The van der Waals surface area contributed by atoms with E-state index in [9.17, 15) is 14.4 Å². The van der Waals surface area contributed by atoms with E-state index in [1.165, 1.54) is 77.0 Å². The summed E-state index contributed by atoms with van der Waals surface area (Å²) < 4.78 is 0. The minimum atomic E-state index is -0.510. The van der Waals surface area contributed by atoms with Crippen LogP contribution < -0.4 is 0 Å². The first-order chi connectivity index (χ1) is 19.4. The maximum Gasteiger partial charge on any atom is 0.355 e. The summed E-state index contributed by atoms with van der Waals surface area (Å²) >= 11 is 0. The lowest BCUT2D eigenvalue weighted by Gasteiger charge is -2.23. The Balaban J connectivity index is 0. The van der Waals surface area contributed by atoms with E-state index in [1.54, 1.807) is 20.8 Å². The molecule has 244 valence electrons. The lowest BCUT2D eigenvalue weighted by atomic mass is 9.98. The van der Waals surface area contributed by atoms with Gasteiger partial charge in [-0.25, -0.2) is 24.2 Å². The van der Waals surface area contributed by atoms with Gasteiger partial charge in [0, 0.05) is 0 Å². The quantitative estimate of drug-likeness (QED) is 0.0668. The van der Waals surface area contributed by atoms with Crippen molar-refractivity contribution >= 4 is 17.9 Å². The van der Waals surface area contributed by atoms with Crippen LogP contribution in [0, 0.1) is 5.41 Å². The maximum absolute atomic E-state index is 11.6. The first-order valence-electron chi connectivity index (χ1n) is 16.7. The Morgan fingerprint density at radius 3 is 1.07 bits per heavy atom. The van der Waals surface area contributed by atoms with Gasteiger partial charge in [-0.2, -0.15) is 4.89 Å². The molecule has 7 nitrogen and oxygen atoms in total. The third-order valence-electron chi connectivity index (χ3n) is 7.00. The number of hydrogen-bond donors (Lipinski definition) is 0. The smallest absolute Gasteiger partial charge is 0.297 e. The largest absolute Gasteiger partial charge is 0.355 e. The van der Waals surface area contributed by atoms with Crippen LogP contribution in [0.5, 0.6) is 0 Å². The van der Waals surface area contributed by atoms with Crippen molar-refractivity contribution in [3.63, 3.8) is 0 Å². The number of unbranched alkanes of at least 4 members (excludes halogenated alkanes) is 16. The lowest BCUT2D eigenvalue weighted by molar-refractivity contribution is -0.330. The average Bonchev–Trinajstić information content (AvgIpc) is 2.93. The van der Waals surface area contributed by atoms with E-state index < -0.39 is 23.0 Å². The molecule has 0 saturated carbocycles. The van der Waals surface area contributed by atoms with Crippen molar-refractivity contribution in [3.8, 4) is 0 Å². The summed E-state index contributed by atoms with van der Waals surface area (Å²) in [6.45, 7) is 15.6. The minimum absolute atomic E-state index is 0.334. The fraction of sp³-hybridized carbons (Fsp3) is 0.912. The second-order valence-electron chi connectivity index (χ2n) is 12.9. The molecule has 0 aromatic carbocycles. The molecule has 0 aromatic heterocycles. The molecule has 0 heterocycles. The molecule has 0 N–H and O–H groups in total. The van der Waals surface area contributed by atoms with Crippen LogP contribution in [0.25, 0.3) is 0 Å². The molecule has 0 fully saturated rings. The van der Waals surface area contributed by atoms with E-state index in [1.807, 2.05) is 20.8 Å². The fourth-order valence-electron chi connectivity index (χ4n) is 3.67. The van der Waals surface area contributed by atoms with E-state index in [0.717, 1.165) is 44.9 Å². The van der Waals surface area contributed by atoms with Gasteiger partial charge in [0.25, 0.3) is 0 Å². The fourth-order valence-corrected chi connectivity index (χ4v) is 3.67. The van der Waals surface area contributed by atoms with E-state index in [4.69, 9.17) is 9.78 Å². The van der Waals surface area contributed by atoms with Crippen molar-refractivity contribution in [1.82, 2.24) is 0 Å². The summed E-state index contributed by atoms with van der Waals surface area (Å²) in [7, 11) is 0. The van der Waals surface area contributed by atoms with Crippen molar-refractivity contribution in [2.45, 2.75) is 196 Å². The summed E-state index contributed by atoms with van der Waals surface area (Å²) in [5.74, 6) is -1.19. The average molecular weight is 587 g/mol. The summed E-state index contributed by atoms with van der Waals surface area (Å²) in [6, 6.07) is 0. The molecule has 0 rings (SSSR count). The van der Waals surface area contributed by atoms with Gasteiger partial charge in [0.2, 0.25) is 0 Å². The number of carbonyl (C=O) groups excluding carboxylic acids is 3. The molecule has 7 heteroatoms. The van der Waals surface area contributed by atoms with E-state index in [0.29, 0.717) is 12.8 Å². The van der Waals surface area contributed by atoms with Crippen molar-refractivity contribution in [1.29, 1.82) is 0 Å². The van der Waals surface area contributed by atoms with Crippen LogP contribution in [0.15, 0.2) is 0 Å². The van der Waals surface area contributed by atoms with Crippen LogP contribution in [0.2, 0.25) is 0 Å². The first kappa shape index (κ1) is 41.5. The third-order valence-corrected chi connectivity index (χ3v) is 7.00.